The second kappa shape index (κ2) is 4.93. The fraction of sp³-hybridized carbons (Fsp3) is 0.364. The van der Waals surface area contributed by atoms with E-state index in [0.717, 1.165) is 13.1 Å². The van der Waals surface area contributed by atoms with Gasteiger partial charge in [0.1, 0.15) is 5.82 Å². The van der Waals surface area contributed by atoms with E-state index in [1.54, 1.807) is 6.07 Å². The molecule has 0 bridgehead atoms. The number of anilines is 1. The number of carbonyl (C=O) groups excluding carboxylic acids is 1. The lowest BCUT2D eigenvalue weighted by molar-refractivity contribution is -0.117. The first-order valence-electron chi connectivity index (χ1n) is 5.11. The summed E-state index contributed by atoms with van der Waals surface area (Å²) < 4.78 is 13.4. The van der Waals surface area contributed by atoms with Crippen molar-refractivity contribution in [2.24, 2.45) is 5.92 Å². The molecule has 16 heavy (non-hydrogen) atoms. The van der Waals surface area contributed by atoms with Crippen molar-refractivity contribution in [1.82, 2.24) is 5.32 Å². The van der Waals surface area contributed by atoms with Gasteiger partial charge in [0.15, 0.2) is 0 Å². The minimum Gasteiger partial charge on any atom is -0.325 e. The first-order chi connectivity index (χ1) is 7.65. The van der Waals surface area contributed by atoms with E-state index in [0.29, 0.717) is 22.5 Å². The Labute approximate surface area is 102 Å². The van der Waals surface area contributed by atoms with Gasteiger partial charge in [-0.3, -0.25) is 4.79 Å². The number of amides is 1. The Kier molecular flexibility index (Phi) is 3.56. The Morgan fingerprint density at radius 2 is 2.31 bits per heavy atom. The highest BCUT2D eigenvalue weighted by molar-refractivity contribution is 9.10. The van der Waals surface area contributed by atoms with E-state index in [1.165, 1.54) is 12.1 Å². The molecule has 5 heteroatoms. The van der Waals surface area contributed by atoms with E-state index in [2.05, 4.69) is 26.6 Å². The van der Waals surface area contributed by atoms with Crippen LogP contribution in [0.3, 0.4) is 0 Å². The Bertz CT molecular complexity index is 407. The van der Waals surface area contributed by atoms with Crippen LogP contribution >= 0.6 is 15.9 Å². The maximum absolute atomic E-state index is 12.8. The second-order valence-electron chi connectivity index (χ2n) is 3.90. The molecule has 86 valence electrons. The van der Waals surface area contributed by atoms with Crippen molar-refractivity contribution in [3.05, 3.63) is 28.5 Å². The zero-order valence-electron chi connectivity index (χ0n) is 8.59. The fourth-order valence-corrected chi connectivity index (χ4v) is 2.00. The lowest BCUT2D eigenvalue weighted by Gasteiger charge is -2.26. The third kappa shape index (κ3) is 2.80. The molecule has 1 saturated heterocycles. The predicted octanol–water partition coefficient (Wildman–Crippen LogP) is 2.14. The van der Waals surface area contributed by atoms with Crippen molar-refractivity contribution < 1.29 is 9.18 Å². The van der Waals surface area contributed by atoms with Crippen LogP contribution in [0.1, 0.15) is 6.42 Å². The largest absolute Gasteiger partial charge is 0.325 e. The molecule has 0 atom stereocenters. The van der Waals surface area contributed by atoms with Crippen molar-refractivity contribution in [3.63, 3.8) is 0 Å². The van der Waals surface area contributed by atoms with E-state index in [-0.39, 0.29) is 11.7 Å². The Morgan fingerprint density at radius 1 is 1.56 bits per heavy atom. The van der Waals surface area contributed by atoms with E-state index in [1.807, 2.05) is 0 Å². The molecule has 1 heterocycles. The van der Waals surface area contributed by atoms with Crippen molar-refractivity contribution in [2.75, 3.05) is 18.4 Å². The molecule has 0 radical (unpaired) electrons. The van der Waals surface area contributed by atoms with Crippen LogP contribution in [0.4, 0.5) is 10.1 Å². The molecular weight excluding hydrogens is 275 g/mol. The average Bonchev–Trinajstić information content (AvgIpc) is 2.16. The van der Waals surface area contributed by atoms with Crippen LogP contribution in [0.15, 0.2) is 22.7 Å². The highest BCUT2D eigenvalue weighted by atomic mass is 79.9. The third-order valence-electron chi connectivity index (χ3n) is 2.55. The number of carbonyl (C=O) groups is 1. The molecule has 0 aromatic heterocycles. The molecule has 0 spiro atoms. The molecular formula is C11H12BrFN2O. The molecule has 1 aromatic rings. The third-order valence-corrected chi connectivity index (χ3v) is 3.20. The summed E-state index contributed by atoms with van der Waals surface area (Å²) in [5.41, 5.74) is 0.610. The van der Waals surface area contributed by atoms with Gasteiger partial charge in [-0.25, -0.2) is 4.39 Å². The van der Waals surface area contributed by atoms with Crippen LogP contribution < -0.4 is 10.6 Å². The second-order valence-corrected chi connectivity index (χ2v) is 4.76. The van der Waals surface area contributed by atoms with Crippen LogP contribution in [-0.2, 0) is 4.79 Å². The standard InChI is InChI=1S/C11H12BrFN2O/c12-9-4-8(13)1-2-10(9)15-11(16)3-7-5-14-6-7/h1-2,4,7,14H,3,5-6H2,(H,15,16). The Morgan fingerprint density at radius 3 is 2.88 bits per heavy atom. The van der Waals surface area contributed by atoms with Crippen molar-refractivity contribution in [3.8, 4) is 0 Å². The molecule has 2 rings (SSSR count). The number of hydrogen-bond acceptors (Lipinski definition) is 2. The summed E-state index contributed by atoms with van der Waals surface area (Å²) >= 11 is 3.21. The van der Waals surface area contributed by atoms with Crippen LogP contribution in [0, 0.1) is 11.7 Å². The summed E-state index contributed by atoms with van der Waals surface area (Å²) in [5.74, 6) is 0.0751. The fourth-order valence-electron chi connectivity index (χ4n) is 1.55. The SMILES string of the molecule is O=C(CC1CNC1)Nc1ccc(F)cc1Br. The first-order valence-corrected chi connectivity index (χ1v) is 5.90. The highest BCUT2D eigenvalue weighted by Crippen LogP contribution is 2.23. The van der Waals surface area contributed by atoms with Crippen molar-refractivity contribution in [1.29, 1.82) is 0 Å². The number of hydrogen-bond donors (Lipinski definition) is 2. The average molecular weight is 287 g/mol. The van der Waals surface area contributed by atoms with Gasteiger partial charge < -0.3 is 10.6 Å². The van der Waals surface area contributed by atoms with Gasteiger partial charge in [0.25, 0.3) is 0 Å². The summed E-state index contributed by atoms with van der Waals surface area (Å²) in [6.07, 6.45) is 0.511. The van der Waals surface area contributed by atoms with Gasteiger partial charge in [-0.2, -0.15) is 0 Å². The van der Waals surface area contributed by atoms with E-state index in [4.69, 9.17) is 0 Å². The maximum atomic E-state index is 12.8. The number of rotatable bonds is 3. The molecule has 1 aromatic carbocycles. The van der Waals surface area contributed by atoms with E-state index in [9.17, 15) is 9.18 Å². The van der Waals surface area contributed by atoms with Crippen molar-refractivity contribution >= 4 is 27.5 Å². The first kappa shape index (κ1) is 11.5. The van der Waals surface area contributed by atoms with Crippen LogP contribution in [0.2, 0.25) is 0 Å². The molecule has 1 fully saturated rings. The van der Waals surface area contributed by atoms with Crippen LogP contribution in [0.25, 0.3) is 0 Å². The summed E-state index contributed by atoms with van der Waals surface area (Å²) in [4.78, 5) is 11.6. The van der Waals surface area contributed by atoms with Crippen LogP contribution in [-0.4, -0.2) is 19.0 Å². The summed E-state index contributed by atoms with van der Waals surface area (Å²) in [5, 5.41) is 5.87. The van der Waals surface area contributed by atoms with Crippen LogP contribution in [0.5, 0.6) is 0 Å². The van der Waals surface area contributed by atoms with E-state index >= 15 is 0 Å². The molecule has 1 amide bonds. The van der Waals surface area contributed by atoms with Gasteiger partial charge in [0.2, 0.25) is 5.91 Å². The normalized spacial score (nSPS) is 15.6. The van der Waals surface area contributed by atoms with Gasteiger partial charge in [-0.05, 0) is 53.1 Å². The number of halogens is 2. The molecule has 0 saturated carbocycles. The molecule has 0 aliphatic carbocycles. The summed E-state index contributed by atoms with van der Waals surface area (Å²) in [6.45, 7) is 1.80. The lowest BCUT2D eigenvalue weighted by atomic mass is 9.99. The topological polar surface area (TPSA) is 41.1 Å². The van der Waals surface area contributed by atoms with Gasteiger partial charge in [-0.15, -0.1) is 0 Å². The zero-order valence-corrected chi connectivity index (χ0v) is 10.2. The molecule has 2 N–H and O–H groups in total. The lowest BCUT2D eigenvalue weighted by Crippen LogP contribution is -2.43. The minimum atomic E-state index is -0.326. The zero-order chi connectivity index (χ0) is 11.5. The summed E-state index contributed by atoms with van der Waals surface area (Å²) in [7, 11) is 0. The molecule has 1 aliphatic rings. The van der Waals surface area contributed by atoms with Gasteiger partial charge in [-0.1, -0.05) is 0 Å². The Balaban J connectivity index is 1.94. The van der Waals surface area contributed by atoms with Gasteiger partial charge in [0.05, 0.1) is 5.69 Å². The minimum absolute atomic E-state index is 0.0289. The van der Waals surface area contributed by atoms with Crippen molar-refractivity contribution in [2.45, 2.75) is 6.42 Å². The molecule has 1 aliphatic heterocycles. The monoisotopic (exact) mass is 286 g/mol. The number of benzene rings is 1. The Hall–Kier alpha value is -0.940. The predicted molar refractivity (Wildman–Crippen MR) is 63.7 cm³/mol. The number of nitrogens with one attached hydrogen (secondary N) is 2. The highest BCUT2D eigenvalue weighted by Gasteiger charge is 2.20. The van der Waals surface area contributed by atoms with E-state index < -0.39 is 0 Å². The quantitative estimate of drug-likeness (QED) is 0.894. The van der Waals surface area contributed by atoms with Gasteiger partial charge in [0, 0.05) is 10.9 Å². The molecule has 3 nitrogen and oxygen atoms in total. The molecule has 0 unspecified atom stereocenters. The van der Waals surface area contributed by atoms with Gasteiger partial charge >= 0.3 is 0 Å². The maximum Gasteiger partial charge on any atom is 0.224 e. The summed E-state index contributed by atoms with van der Waals surface area (Å²) in [6, 6.07) is 4.21. The smallest absolute Gasteiger partial charge is 0.224 e.